The van der Waals surface area contributed by atoms with E-state index >= 15 is 0 Å². The molecule has 2 nitrogen and oxygen atoms in total. The van der Waals surface area contributed by atoms with Gasteiger partial charge in [0, 0.05) is 15.7 Å². The highest BCUT2D eigenvalue weighted by atomic mass is 127. The minimum absolute atomic E-state index is 0.158. The maximum Gasteiger partial charge on any atom is 0.224 e. The van der Waals surface area contributed by atoms with Crippen molar-refractivity contribution in [2.45, 2.75) is 51.9 Å². The lowest BCUT2D eigenvalue weighted by Gasteiger charge is -2.21. The predicted octanol–water partition coefficient (Wildman–Crippen LogP) is 4.90. The smallest absolute Gasteiger partial charge is 0.224 e. The molecule has 0 aliphatic heterocycles. The summed E-state index contributed by atoms with van der Waals surface area (Å²) in [6.07, 6.45) is 8.42. The molecule has 0 aromatic heterocycles. The number of anilines is 1. The van der Waals surface area contributed by atoms with Gasteiger partial charge in [-0.25, -0.2) is 0 Å². The van der Waals surface area contributed by atoms with Crippen molar-refractivity contribution in [2.75, 3.05) is 5.32 Å². The van der Waals surface area contributed by atoms with E-state index in [1.807, 2.05) is 12.1 Å². The van der Waals surface area contributed by atoms with Crippen molar-refractivity contribution in [3.8, 4) is 0 Å². The van der Waals surface area contributed by atoms with Crippen molar-refractivity contribution in [3.05, 3.63) is 27.3 Å². The number of hydrogen-bond acceptors (Lipinski definition) is 1. The zero-order valence-electron chi connectivity index (χ0n) is 11.5. The number of aryl methyl sites for hydroxylation is 1. The molecule has 1 aliphatic carbocycles. The highest BCUT2D eigenvalue weighted by Gasteiger charge is 2.14. The fourth-order valence-corrected chi connectivity index (χ4v) is 3.22. The van der Waals surface area contributed by atoms with Gasteiger partial charge in [0.05, 0.1) is 0 Å². The first-order valence-electron chi connectivity index (χ1n) is 7.21. The van der Waals surface area contributed by atoms with Gasteiger partial charge in [0.15, 0.2) is 0 Å². The number of benzene rings is 1. The van der Waals surface area contributed by atoms with E-state index in [0.29, 0.717) is 6.42 Å². The zero-order chi connectivity index (χ0) is 13.7. The summed E-state index contributed by atoms with van der Waals surface area (Å²) in [5.41, 5.74) is 2.17. The van der Waals surface area contributed by atoms with Crippen molar-refractivity contribution >= 4 is 34.2 Å². The van der Waals surface area contributed by atoms with Crippen molar-refractivity contribution in [3.63, 3.8) is 0 Å². The summed E-state index contributed by atoms with van der Waals surface area (Å²) in [7, 11) is 0. The average molecular weight is 371 g/mol. The first-order valence-corrected chi connectivity index (χ1v) is 8.29. The molecule has 3 heteroatoms. The summed E-state index contributed by atoms with van der Waals surface area (Å²) in [5, 5.41) is 3.01. The van der Waals surface area contributed by atoms with E-state index in [1.165, 1.54) is 41.2 Å². The molecule has 1 aliphatic rings. The van der Waals surface area contributed by atoms with E-state index in [4.69, 9.17) is 0 Å². The molecule has 0 spiro atoms. The molecule has 1 fully saturated rings. The van der Waals surface area contributed by atoms with Gasteiger partial charge in [-0.1, -0.05) is 38.2 Å². The lowest BCUT2D eigenvalue weighted by molar-refractivity contribution is -0.116. The molecule has 1 saturated carbocycles. The molecular formula is C16H22INO. The lowest BCUT2D eigenvalue weighted by Crippen LogP contribution is -2.15. The van der Waals surface area contributed by atoms with Gasteiger partial charge in [-0.15, -0.1) is 0 Å². The molecule has 1 N–H and O–H groups in total. The summed E-state index contributed by atoms with van der Waals surface area (Å²) in [6.45, 7) is 2.08. The Kier molecular flexibility index (Phi) is 5.67. The largest absolute Gasteiger partial charge is 0.326 e. The van der Waals surface area contributed by atoms with Crippen LogP contribution in [0.3, 0.4) is 0 Å². The Morgan fingerprint density at radius 1 is 1.32 bits per heavy atom. The molecule has 0 atom stereocenters. The molecule has 0 saturated heterocycles. The van der Waals surface area contributed by atoms with Gasteiger partial charge < -0.3 is 5.32 Å². The molecule has 2 rings (SSSR count). The number of carbonyl (C=O) groups excluding carboxylic acids is 1. The fraction of sp³-hybridized carbons (Fsp3) is 0.562. The third kappa shape index (κ3) is 4.79. The van der Waals surface area contributed by atoms with Crippen LogP contribution in [0.5, 0.6) is 0 Å². The van der Waals surface area contributed by atoms with Crippen LogP contribution in [0.15, 0.2) is 18.2 Å². The van der Waals surface area contributed by atoms with E-state index < -0.39 is 0 Å². The van der Waals surface area contributed by atoms with Crippen molar-refractivity contribution in [2.24, 2.45) is 5.92 Å². The Bertz CT molecular complexity index is 438. The molecule has 0 radical (unpaired) electrons. The SMILES string of the molecule is Cc1ccc(NC(=O)CCC2CCCCC2)cc1I. The Morgan fingerprint density at radius 3 is 2.74 bits per heavy atom. The summed E-state index contributed by atoms with van der Waals surface area (Å²) < 4.78 is 1.20. The second-order valence-electron chi connectivity index (χ2n) is 5.55. The highest BCUT2D eigenvalue weighted by molar-refractivity contribution is 14.1. The van der Waals surface area contributed by atoms with Crippen LogP contribution < -0.4 is 5.32 Å². The molecule has 0 unspecified atom stereocenters. The van der Waals surface area contributed by atoms with Gasteiger partial charge in [0.2, 0.25) is 5.91 Å². The zero-order valence-corrected chi connectivity index (χ0v) is 13.7. The summed E-state index contributed by atoms with van der Waals surface area (Å²) in [4.78, 5) is 11.9. The second-order valence-corrected chi connectivity index (χ2v) is 6.72. The maximum atomic E-state index is 11.9. The van der Waals surface area contributed by atoms with Crippen LogP contribution in [0.1, 0.15) is 50.5 Å². The topological polar surface area (TPSA) is 29.1 Å². The summed E-state index contributed by atoms with van der Waals surface area (Å²) >= 11 is 2.30. The Morgan fingerprint density at radius 2 is 2.05 bits per heavy atom. The summed E-state index contributed by atoms with van der Waals surface area (Å²) in [6, 6.07) is 6.07. The van der Waals surface area contributed by atoms with Gasteiger partial charge in [-0.3, -0.25) is 4.79 Å². The number of carbonyl (C=O) groups is 1. The quantitative estimate of drug-likeness (QED) is 0.750. The van der Waals surface area contributed by atoms with Crippen LogP contribution >= 0.6 is 22.6 Å². The van der Waals surface area contributed by atoms with Gasteiger partial charge in [-0.2, -0.15) is 0 Å². The van der Waals surface area contributed by atoms with Crippen LogP contribution in [-0.2, 0) is 4.79 Å². The monoisotopic (exact) mass is 371 g/mol. The Labute approximate surface area is 129 Å². The van der Waals surface area contributed by atoms with Crippen LogP contribution in [0, 0.1) is 16.4 Å². The first-order chi connectivity index (χ1) is 9.15. The van der Waals surface area contributed by atoms with Crippen molar-refractivity contribution in [1.82, 2.24) is 0 Å². The molecule has 1 aromatic rings. The number of hydrogen-bond donors (Lipinski definition) is 1. The molecule has 1 aromatic carbocycles. The number of rotatable bonds is 4. The Balaban J connectivity index is 1.78. The number of nitrogens with one attached hydrogen (secondary N) is 1. The van der Waals surface area contributed by atoms with E-state index in [9.17, 15) is 4.79 Å². The molecular weight excluding hydrogens is 349 g/mol. The van der Waals surface area contributed by atoms with E-state index in [1.54, 1.807) is 0 Å². The average Bonchev–Trinajstić information content (AvgIpc) is 2.42. The van der Waals surface area contributed by atoms with Crippen LogP contribution in [0.2, 0.25) is 0 Å². The molecule has 0 heterocycles. The van der Waals surface area contributed by atoms with Gasteiger partial charge in [0.25, 0.3) is 0 Å². The van der Waals surface area contributed by atoms with Gasteiger partial charge >= 0.3 is 0 Å². The molecule has 1 amide bonds. The van der Waals surface area contributed by atoms with E-state index in [-0.39, 0.29) is 5.91 Å². The van der Waals surface area contributed by atoms with Crippen LogP contribution in [-0.4, -0.2) is 5.91 Å². The highest BCUT2D eigenvalue weighted by Crippen LogP contribution is 2.27. The predicted molar refractivity (Wildman–Crippen MR) is 88.3 cm³/mol. The van der Waals surface area contributed by atoms with Crippen LogP contribution in [0.25, 0.3) is 0 Å². The van der Waals surface area contributed by atoms with E-state index in [0.717, 1.165) is 18.0 Å². The Hall–Kier alpha value is -0.580. The standard InChI is InChI=1S/C16H22INO/c1-12-7-9-14(11-15(12)17)18-16(19)10-8-13-5-3-2-4-6-13/h7,9,11,13H,2-6,8,10H2,1H3,(H,18,19). The first kappa shape index (κ1) is 14.8. The molecule has 104 valence electrons. The van der Waals surface area contributed by atoms with E-state index in [2.05, 4.69) is 40.9 Å². The normalized spacial score (nSPS) is 16.3. The van der Waals surface area contributed by atoms with Gasteiger partial charge in [0.1, 0.15) is 0 Å². The van der Waals surface area contributed by atoms with Crippen molar-refractivity contribution < 1.29 is 4.79 Å². The lowest BCUT2D eigenvalue weighted by atomic mass is 9.86. The number of amides is 1. The minimum Gasteiger partial charge on any atom is -0.326 e. The third-order valence-corrected chi connectivity index (χ3v) is 5.12. The maximum absolute atomic E-state index is 11.9. The molecule has 0 bridgehead atoms. The van der Waals surface area contributed by atoms with Crippen molar-refractivity contribution in [1.29, 1.82) is 0 Å². The van der Waals surface area contributed by atoms with Crippen LogP contribution in [0.4, 0.5) is 5.69 Å². The number of halogens is 1. The second kappa shape index (κ2) is 7.27. The molecule has 19 heavy (non-hydrogen) atoms. The van der Waals surface area contributed by atoms with Gasteiger partial charge in [-0.05, 0) is 59.5 Å². The summed E-state index contributed by atoms with van der Waals surface area (Å²) in [5.74, 6) is 0.933. The minimum atomic E-state index is 0.158. The fourth-order valence-electron chi connectivity index (χ4n) is 2.71. The third-order valence-electron chi connectivity index (χ3n) is 3.96.